The second-order valence-corrected chi connectivity index (χ2v) is 7.09. The SMILES string of the molecule is Cc1ccc(CN)cc1S(=O)(=O)NC(C)C1CCC1. The lowest BCUT2D eigenvalue weighted by Gasteiger charge is -2.31. The number of nitrogens with one attached hydrogen (secondary N) is 1. The minimum atomic E-state index is -3.45. The molecule has 3 N–H and O–H groups in total. The lowest BCUT2D eigenvalue weighted by Crippen LogP contribution is -2.40. The van der Waals surface area contributed by atoms with Crippen LogP contribution in [0.3, 0.4) is 0 Å². The van der Waals surface area contributed by atoms with E-state index in [0.717, 1.165) is 24.0 Å². The zero-order chi connectivity index (χ0) is 14.0. The maximum absolute atomic E-state index is 12.4. The molecule has 1 aromatic rings. The fraction of sp³-hybridized carbons (Fsp3) is 0.571. The van der Waals surface area contributed by atoms with E-state index >= 15 is 0 Å². The molecule has 1 aliphatic carbocycles. The predicted octanol–water partition coefficient (Wildman–Crippen LogP) is 1.92. The van der Waals surface area contributed by atoms with Gasteiger partial charge in [-0.3, -0.25) is 0 Å². The van der Waals surface area contributed by atoms with Crippen molar-refractivity contribution in [3.63, 3.8) is 0 Å². The van der Waals surface area contributed by atoms with E-state index in [2.05, 4.69) is 4.72 Å². The molecule has 1 aliphatic rings. The average molecular weight is 282 g/mol. The van der Waals surface area contributed by atoms with Crippen LogP contribution in [0.25, 0.3) is 0 Å². The topological polar surface area (TPSA) is 72.2 Å². The normalized spacial score (nSPS) is 18.1. The second-order valence-electron chi connectivity index (χ2n) is 5.40. The Morgan fingerprint density at radius 1 is 1.42 bits per heavy atom. The molecule has 0 amide bonds. The van der Waals surface area contributed by atoms with Crippen molar-refractivity contribution >= 4 is 10.0 Å². The fourth-order valence-electron chi connectivity index (χ4n) is 2.41. The van der Waals surface area contributed by atoms with Crippen LogP contribution >= 0.6 is 0 Å². The summed E-state index contributed by atoms with van der Waals surface area (Å²) in [7, 11) is -3.45. The average Bonchev–Trinajstić information content (AvgIpc) is 2.26. The molecule has 0 saturated heterocycles. The molecule has 2 rings (SSSR count). The van der Waals surface area contributed by atoms with E-state index in [1.165, 1.54) is 6.42 Å². The zero-order valence-corrected chi connectivity index (χ0v) is 12.3. The first kappa shape index (κ1) is 14.5. The third kappa shape index (κ3) is 3.16. The van der Waals surface area contributed by atoms with Gasteiger partial charge in [-0.1, -0.05) is 18.6 Å². The lowest BCUT2D eigenvalue weighted by atomic mass is 9.81. The van der Waals surface area contributed by atoms with Gasteiger partial charge in [0.15, 0.2) is 0 Å². The molecule has 1 fully saturated rings. The monoisotopic (exact) mass is 282 g/mol. The van der Waals surface area contributed by atoms with E-state index in [0.29, 0.717) is 17.4 Å². The van der Waals surface area contributed by atoms with Gasteiger partial charge in [0.05, 0.1) is 4.90 Å². The third-order valence-corrected chi connectivity index (χ3v) is 5.68. The Hall–Kier alpha value is -0.910. The minimum absolute atomic E-state index is 0.000294. The molecule has 1 aromatic carbocycles. The maximum atomic E-state index is 12.4. The summed E-state index contributed by atoms with van der Waals surface area (Å²) in [5, 5.41) is 0. The van der Waals surface area contributed by atoms with Crippen molar-refractivity contribution in [2.45, 2.75) is 50.6 Å². The maximum Gasteiger partial charge on any atom is 0.241 e. The molecule has 4 nitrogen and oxygen atoms in total. The van der Waals surface area contributed by atoms with Gasteiger partial charge in [-0.2, -0.15) is 0 Å². The summed E-state index contributed by atoms with van der Waals surface area (Å²) in [5.41, 5.74) is 7.17. The van der Waals surface area contributed by atoms with Gasteiger partial charge in [-0.05, 0) is 49.8 Å². The number of aryl methyl sites for hydroxylation is 1. The van der Waals surface area contributed by atoms with Gasteiger partial charge in [0, 0.05) is 12.6 Å². The highest BCUT2D eigenvalue weighted by Crippen LogP contribution is 2.30. The lowest BCUT2D eigenvalue weighted by molar-refractivity contribution is 0.260. The molecular weight excluding hydrogens is 260 g/mol. The van der Waals surface area contributed by atoms with Gasteiger partial charge in [0.1, 0.15) is 0 Å². The molecule has 19 heavy (non-hydrogen) atoms. The van der Waals surface area contributed by atoms with Crippen LogP contribution in [0.1, 0.15) is 37.3 Å². The van der Waals surface area contributed by atoms with Crippen LogP contribution in [-0.2, 0) is 16.6 Å². The van der Waals surface area contributed by atoms with Crippen molar-refractivity contribution in [2.24, 2.45) is 11.7 Å². The molecule has 0 aromatic heterocycles. The molecule has 0 aliphatic heterocycles. The Balaban J connectivity index is 2.23. The van der Waals surface area contributed by atoms with Crippen LogP contribution in [0, 0.1) is 12.8 Å². The number of sulfonamides is 1. The molecular formula is C14H22N2O2S. The van der Waals surface area contributed by atoms with Crippen molar-refractivity contribution in [1.82, 2.24) is 4.72 Å². The molecule has 0 spiro atoms. The molecule has 1 unspecified atom stereocenters. The molecule has 1 saturated carbocycles. The van der Waals surface area contributed by atoms with Crippen molar-refractivity contribution in [3.8, 4) is 0 Å². The number of rotatable bonds is 5. The van der Waals surface area contributed by atoms with Crippen LogP contribution in [-0.4, -0.2) is 14.5 Å². The third-order valence-electron chi connectivity index (χ3n) is 3.98. The largest absolute Gasteiger partial charge is 0.326 e. The van der Waals surface area contributed by atoms with Crippen LogP contribution in [0.4, 0.5) is 0 Å². The first-order valence-electron chi connectivity index (χ1n) is 6.76. The summed E-state index contributed by atoms with van der Waals surface area (Å²) in [6, 6.07) is 5.35. The van der Waals surface area contributed by atoms with Crippen molar-refractivity contribution in [1.29, 1.82) is 0 Å². The van der Waals surface area contributed by atoms with Crippen LogP contribution in [0.15, 0.2) is 23.1 Å². The van der Waals surface area contributed by atoms with Gasteiger partial charge in [-0.15, -0.1) is 0 Å². The Labute approximate surface area is 115 Å². The van der Waals surface area contributed by atoms with E-state index in [-0.39, 0.29) is 6.04 Å². The number of benzene rings is 1. The first-order valence-corrected chi connectivity index (χ1v) is 8.24. The van der Waals surface area contributed by atoms with Gasteiger partial charge >= 0.3 is 0 Å². The standard InChI is InChI=1S/C14H22N2O2S/c1-10-6-7-12(9-15)8-14(10)19(17,18)16-11(2)13-4-3-5-13/h6-8,11,13,16H,3-5,9,15H2,1-2H3. The second kappa shape index (κ2) is 5.61. The Morgan fingerprint density at radius 3 is 2.63 bits per heavy atom. The fourth-order valence-corrected chi connectivity index (χ4v) is 4.01. The smallest absolute Gasteiger partial charge is 0.241 e. The Bertz CT molecular complexity index is 551. The van der Waals surface area contributed by atoms with Gasteiger partial charge in [0.25, 0.3) is 0 Å². The van der Waals surface area contributed by atoms with E-state index in [1.54, 1.807) is 6.07 Å². The summed E-state index contributed by atoms with van der Waals surface area (Å²) in [6.45, 7) is 4.10. The highest BCUT2D eigenvalue weighted by molar-refractivity contribution is 7.89. The summed E-state index contributed by atoms with van der Waals surface area (Å²) < 4.78 is 27.6. The van der Waals surface area contributed by atoms with Gasteiger partial charge < -0.3 is 5.73 Å². The number of hydrogen-bond acceptors (Lipinski definition) is 3. The molecule has 106 valence electrons. The molecule has 5 heteroatoms. The van der Waals surface area contributed by atoms with E-state index in [9.17, 15) is 8.42 Å². The Morgan fingerprint density at radius 2 is 2.11 bits per heavy atom. The highest BCUT2D eigenvalue weighted by Gasteiger charge is 2.28. The summed E-state index contributed by atoms with van der Waals surface area (Å²) in [5.74, 6) is 0.479. The Kier molecular flexibility index (Phi) is 4.28. The van der Waals surface area contributed by atoms with Gasteiger partial charge in [-0.25, -0.2) is 13.1 Å². The van der Waals surface area contributed by atoms with Crippen LogP contribution in [0.2, 0.25) is 0 Å². The van der Waals surface area contributed by atoms with E-state index < -0.39 is 10.0 Å². The molecule has 0 bridgehead atoms. The highest BCUT2D eigenvalue weighted by atomic mass is 32.2. The number of nitrogens with two attached hydrogens (primary N) is 1. The summed E-state index contributed by atoms with van der Waals surface area (Å²) >= 11 is 0. The van der Waals surface area contributed by atoms with Crippen molar-refractivity contribution in [2.75, 3.05) is 0 Å². The predicted molar refractivity (Wildman–Crippen MR) is 76.2 cm³/mol. The van der Waals surface area contributed by atoms with E-state index in [1.807, 2.05) is 26.0 Å². The van der Waals surface area contributed by atoms with E-state index in [4.69, 9.17) is 5.73 Å². The summed E-state index contributed by atoms with van der Waals surface area (Å²) in [6.07, 6.45) is 3.44. The molecule has 1 atom stereocenters. The first-order chi connectivity index (χ1) is 8.94. The molecule has 0 radical (unpaired) electrons. The summed E-state index contributed by atoms with van der Waals surface area (Å²) in [4.78, 5) is 0.349. The quantitative estimate of drug-likeness (QED) is 0.866. The van der Waals surface area contributed by atoms with Crippen molar-refractivity contribution in [3.05, 3.63) is 29.3 Å². The van der Waals surface area contributed by atoms with Crippen LogP contribution in [0.5, 0.6) is 0 Å². The van der Waals surface area contributed by atoms with Gasteiger partial charge in [0.2, 0.25) is 10.0 Å². The minimum Gasteiger partial charge on any atom is -0.326 e. The van der Waals surface area contributed by atoms with Crippen LogP contribution < -0.4 is 10.5 Å². The molecule has 0 heterocycles. The van der Waals surface area contributed by atoms with Crippen molar-refractivity contribution < 1.29 is 8.42 Å². The zero-order valence-electron chi connectivity index (χ0n) is 11.5. The number of hydrogen-bond donors (Lipinski definition) is 2.